The van der Waals surface area contributed by atoms with Crippen molar-refractivity contribution >= 4 is 10.8 Å². The van der Waals surface area contributed by atoms with Crippen LogP contribution in [-0.2, 0) is 11.3 Å². The first-order valence-electron chi connectivity index (χ1n) is 4.64. The number of rotatable bonds is 0. The third-order valence-corrected chi connectivity index (χ3v) is 2.41. The first-order chi connectivity index (χ1) is 7.36. The molecule has 2 heterocycles. The van der Waals surface area contributed by atoms with E-state index in [1.165, 1.54) is 0 Å². The second-order valence-electron chi connectivity index (χ2n) is 3.33. The van der Waals surface area contributed by atoms with Gasteiger partial charge in [0.05, 0.1) is 6.61 Å². The van der Waals surface area contributed by atoms with E-state index in [0.29, 0.717) is 23.4 Å². The molecule has 1 aromatic carbocycles. The van der Waals surface area contributed by atoms with Gasteiger partial charge in [0.25, 0.3) is 0 Å². The monoisotopic (exact) mass is 205 g/mol. The van der Waals surface area contributed by atoms with Crippen molar-refractivity contribution in [2.24, 2.45) is 0 Å². The molecule has 1 aromatic heterocycles. The summed E-state index contributed by atoms with van der Waals surface area (Å²) in [7, 11) is 0. The minimum atomic E-state index is -0.474. The van der Waals surface area contributed by atoms with Gasteiger partial charge in [0.2, 0.25) is 5.95 Å². The fourth-order valence-electron chi connectivity index (χ4n) is 1.74. The molecular weight excluding hydrogens is 197 g/mol. The van der Waals surface area contributed by atoms with Crippen molar-refractivity contribution < 1.29 is 13.9 Å². The summed E-state index contributed by atoms with van der Waals surface area (Å²) in [6.45, 7) is 0.501. The molecule has 0 unspecified atom stereocenters. The average molecular weight is 205 g/mol. The predicted molar refractivity (Wildman–Crippen MR) is 52.0 cm³/mol. The minimum Gasteiger partial charge on any atom is -0.465 e. The fourth-order valence-corrected chi connectivity index (χ4v) is 1.74. The van der Waals surface area contributed by atoms with Gasteiger partial charge in [-0.3, -0.25) is 0 Å². The Kier molecular flexibility index (Phi) is 1.82. The Bertz CT molecular complexity index is 527. The zero-order valence-corrected chi connectivity index (χ0v) is 7.87. The van der Waals surface area contributed by atoms with Crippen molar-refractivity contribution in [1.29, 1.82) is 0 Å². The molecule has 0 spiro atoms. The van der Waals surface area contributed by atoms with Crippen molar-refractivity contribution in [3.63, 3.8) is 0 Å². The summed E-state index contributed by atoms with van der Waals surface area (Å²) in [5.74, 6) is 0.164. The third kappa shape index (κ3) is 1.26. The van der Waals surface area contributed by atoms with Gasteiger partial charge in [-0.05, 0) is 6.07 Å². The van der Waals surface area contributed by atoms with Gasteiger partial charge in [0.1, 0.15) is 5.69 Å². The third-order valence-electron chi connectivity index (χ3n) is 2.41. The molecule has 2 aromatic rings. The number of hydrogen-bond donors (Lipinski definition) is 0. The molecule has 0 saturated carbocycles. The van der Waals surface area contributed by atoms with Crippen LogP contribution in [0.2, 0.25) is 0 Å². The molecule has 3 rings (SSSR count). The van der Waals surface area contributed by atoms with Gasteiger partial charge < -0.3 is 9.47 Å². The lowest BCUT2D eigenvalue weighted by atomic mass is 10.1. The lowest BCUT2D eigenvalue weighted by Gasteiger charge is -2.18. The van der Waals surface area contributed by atoms with E-state index < -0.39 is 5.95 Å². The number of aromatic nitrogens is 1. The largest absolute Gasteiger partial charge is 0.465 e. The van der Waals surface area contributed by atoms with Crippen LogP contribution < -0.4 is 4.74 Å². The summed E-state index contributed by atoms with van der Waals surface area (Å²) < 4.78 is 23.9. The van der Waals surface area contributed by atoms with Crippen LogP contribution in [0.15, 0.2) is 24.3 Å². The second kappa shape index (κ2) is 3.17. The topological polar surface area (TPSA) is 31.4 Å². The van der Waals surface area contributed by atoms with Crippen LogP contribution in [0, 0.1) is 5.95 Å². The van der Waals surface area contributed by atoms with E-state index in [0.717, 1.165) is 5.39 Å². The molecule has 1 aliphatic rings. The van der Waals surface area contributed by atoms with Gasteiger partial charge in [-0.2, -0.15) is 4.39 Å². The van der Waals surface area contributed by atoms with Crippen molar-refractivity contribution in [3.05, 3.63) is 35.9 Å². The highest BCUT2D eigenvalue weighted by molar-refractivity contribution is 5.88. The summed E-state index contributed by atoms with van der Waals surface area (Å²) in [6.07, 6.45) is 0. The molecule has 0 saturated heterocycles. The quantitative estimate of drug-likeness (QED) is 0.618. The second-order valence-corrected chi connectivity index (χ2v) is 3.33. The van der Waals surface area contributed by atoms with E-state index in [4.69, 9.17) is 9.47 Å². The fraction of sp³-hybridized carbons (Fsp3) is 0.182. The van der Waals surface area contributed by atoms with Gasteiger partial charge in [-0.25, -0.2) is 4.98 Å². The van der Waals surface area contributed by atoms with Crippen LogP contribution in [0.4, 0.5) is 4.39 Å². The number of nitrogens with zero attached hydrogens (tertiary/aromatic N) is 1. The number of halogens is 1. The highest BCUT2D eigenvalue weighted by Gasteiger charge is 2.18. The SMILES string of the molecule is Fc1nc2c(c3ccccc13)OCOC2. The Hall–Kier alpha value is -1.68. The first-order valence-corrected chi connectivity index (χ1v) is 4.64. The lowest BCUT2D eigenvalue weighted by Crippen LogP contribution is -2.14. The highest BCUT2D eigenvalue weighted by atomic mass is 19.1. The van der Waals surface area contributed by atoms with Crippen molar-refractivity contribution in [2.75, 3.05) is 6.79 Å². The molecule has 0 fully saturated rings. The maximum absolute atomic E-state index is 13.6. The standard InChI is InChI=1S/C11H8FNO2/c12-11-8-4-2-1-3-7(8)10-9(13-11)5-14-6-15-10/h1-4H,5-6H2. The molecule has 0 aliphatic carbocycles. The minimum absolute atomic E-state index is 0.199. The summed E-state index contributed by atoms with van der Waals surface area (Å²) in [5.41, 5.74) is 0.525. The maximum atomic E-state index is 13.6. The molecule has 4 heteroatoms. The maximum Gasteiger partial charge on any atom is 0.221 e. The number of benzene rings is 1. The summed E-state index contributed by atoms with van der Waals surface area (Å²) >= 11 is 0. The number of pyridine rings is 1. The van der Waals surface area contributed by atoms with Gasteiger partial charge >= 0.3 is 0 Å². The smallest absolute Gasteiger partial charge is 0.221 e. The van der Waals surface area contributed by atoms with Gasteiger partial charge in [0.15, 0.2) is 12.5 Å². The van der Waals surface area contributed by atoms with E-state index in [1.54, 1.807) is 12.1 Å². The molecule has 1 aliphatic heterocycles. The van der Waals surface area contributed by atoms with Crippen LogP contribution in [0.1, 0.15) is 5.69 Å². The zero-order chi connectivity index (χ0) is 10.3. The van der Waals surface area contributed by atoms with E-state index in [2.05, 4.69) is 4.98 Å². The Morgan fingerprint density at radius 1 is 1.20 bits per heavy atom. The van der Waals surface area contributed by atoms with Crippen LogP contribution in [0.3, 0.4) is 0 Å². The molecule has 15 heavy (non-hydrogen) atoms. The molecule has 0 bridgehead atoms. The first kappa shape index (κ1) is 8.61. The molecular formula is C11H8FNO2. The van der Waals surface area contributed by atoms with Crippen molar-refractivity contribution in [2.45, 2.75) is 6.61 Å². The molecule has 0 radical (unpaired) electrons. The van der Waals surface area contributed by atoms with E-state index >= 15 is 0 Å². The van der Waals surface area contributed by atoms with Crippen LogP contribution in [0.5, 0.6) is 5.75 Å². The summed E-state index contributed by atoms with van der Waals surface area (Å²) in [5, 5.41) is 1.24. The van der Waals surface area contributed by atoms with Crippen LogP contribution in [0.25, 0.3) is 10.8 Å². The summed E-state index contributed by atoms with van der Waals surface area (Å²) in [4.78, 5) is 3.83. The molecule has 0 atom stereocenters. The van der Waals surface area contributed by atoms with Gasteiger partial charge in [0, 0.05) is 10.8 Å². The Balaban J connectivity index is 2.39. The Morgan fingerprint density at radius 3 is 2.87 bits per heavy atom. The number of fused-ring (bicyclic) bond motifs is 3. The number of hydrogen-bond acceptors (Lipinski definition) is 3. The normalized spacial score (nSPS) is 14.7. The van der Waals surface area contributed by atoms with Crippen molar-refractivity contribution in [1.82, 2.24) is 4.98 Å². The van der Waals surface area contributed by atoms with Gasteiger partial charge in [-0.1, -0.05) is 18.2 Å². The predicted octanol–water partition coefficient (Wildman–Crippen LogP) is 2.24. The molecule has 0 amide bonds. The Morgan fingerprint density at radius 2 is 2.00 bits per heavy atom. The highest BCUT2D eigenvalue weighted by Crippen LogP contribution is 2.32. The van der Waals surface area contributed by atoms with E-state index in [-0.39, 0.29) is 6.79 Å². The Labute approximate surface area is 85.4 Å². The van der Waals surface area contributed by atoms with Crippen LogP contribution >= 0.6 is 0 Å². The van der Waals surface area contributed by atoms with E-state index in [1.807, 2.05) is 12.1 Å². The van der Waals surface area contributed by atoms with Crippen LogP contribution in [-0.4, -0.2) is 11.8 Å². The van der Waals surface area contributed by atoms with Crippen molar-refractivity contribution in [3.8, 4) is 5.75 Å². The van der Waals surface area contributed by atoms with E-state index in [9.17, 15) is 4.39 Å². The summed E-state index contributed by atoms with van der Waals surface area (Å²) in [6, 6.07) is 7.14. The van der Waals surface area contributed by atoms with Gasteiger partial charge in [-0.15, -0.1) is 0 Å². The lowest BCUT2D eigenvalue weighted by molar-refractivity contribution is -0.0179. The molecule has 3 nitrogen and oxygen atoms in total. The number of ether oxygens (including phenoxy) is 2. The molecule has 76 valence electrons. The molecule has 0 N–H and O–H groups in total. The average Bonchev–Trinajstić information content (AvgIpc) is 2.30. The zero-order valence-electron chi connectivity index (χ0n) is 7.87.